The number of nitrogens with one attached hydrogen (secondary N) is 1. The van der Waals surface area contributed by atoms with Gasteiger partial charge in [-0.1, -0.05) is 76.7 Å². The number of carbonyl (C=O) groups is 2. The van der Waals surface area contributed by atoms with Crippen LogP contribution in [0.25, 0.3) is 0 Å². The number of nitrogens with zero attached hydrogens (tertiary/aromatic N) is 2. The zero-order valence-electron chi connectivity index (χ0n) is 21.4. The first-order valence-corrected chi connectivity index (χ1v) is 14.8. The van der Waals surface area contributed by atoms with Crippen LogP contribution in [0.15, 0.2) is 71.6 Å². The number of carbonyl (C=O) groups excluding carboxylic acids is 2. The summed E-state index contributed by atoms with van der Waals surface area (Å²) in [6.45, 7) is 4.40. The highest BCUT2D eigenvalue weighted by Crippen LogP contribution is 2.35. The van der Waals surface area contributed by atoms with Crippen LogP contribution in [0.3, 0.4) is 0 Å². The van der Waals surface area contributed by atoms with Crippen LogP contribution in [-0.4, -0.2) is 43.8 Å². The van der Waals surface area contributed by atoms with Crippen molar-refractivity contribution in [3.63, 3.8) is 0 Å². The Bertz CT molecular complexity index is 1450. The monoisotopic (exact) mass is 629 g/mol. The van der Waals surface area contributed by atoms with E-state index in [-0.39, 0.29) is 33.2 Å². The summed E-state index contributed by atoms with van der Waals surface area (Å²) < 4.78 is 28.5. The molecule has 0 radical (unpaired) electrons. The van der Waals surface area contributed by atoms with Crippen LogP contribution >= 0.6 is 46.4 Å². The summed E-state index contributed by atoms with van der Waals surface area (Å²) in [5, 5.41) is 3.57. The number of amides is 2. The summed E-state index contributed by atoms with van der Waals surface area (Å²) in [7, 11) is -4.27. The van der Waals surface area contributed by atoms with E-state index in [0.717, 1.165) is 4.31 Å². The second-order valence-electron chi connectivity index (χ2n) is 8.99. The molecule has 0 aliphatic carbocycles. The summed E-state index contributed by atoms with van der Waals surface area (Å²) >= 11 is 25.0. The Hall–Kier alpha value is -2.49. The highest BCUT2D eigenvalue weighted by molar-refractivity contribution is 7.92. The predicted octanol–water partition coefficient (Wildman–Crippen LogP) is 6.44. The van der Waals surface area contributed by atoms with Crippen molar-refractivity contribution in [1.29, 1.82) is 0 Å². The average molecular weight is 631 g/mol. The van der Waals surface area contributed by atoms with Gasteiger partial charge >= 0.3 is 0 Å². The third kappa shape index (κ3) is 7.58. The molecule has 12 heteroatoms. The van der Waals surface area contributed by atoms with Gasteiger partial charge in [-0.05, 0) is 62.7 Å². The van der Waals surface area contributed by atoms with Crippen LogP contribution in [0.1, 0.15) is 26.3 Å². The van der Waals surface area contributed by atoms with E-state index in [1.807, 2.05) is 0 Å². The van der Waals surface area contributed by atoms with Crippen molar-refractivity contribution >= 4 is 73.9 Å². The SMILES string of the molecule is CC(C)NC(=O)C(C)N(Cc1ccc(Cl)cc1Cl)C(=O)CN(c1cccc(Cl)c1Cl)S(=O)(=O)c1ccccc1. The van der Waals surface area contributed by atoms with Crippen molar-refractivity contribution in [2.24, 2.45) is 0 Å². The van der Waals surface area contributed by atoms with Gasteiger partial charge in [0.15, 0.2) is 0 Å². The van der Waals surface area contributed by atoms with Gasteiger partial charge in [0, 0.05) is 22.6 Å². The van der Waals surface area contributed by atoms with E-state index in [0.29, 0.717) is 15.6 Å². The lowest BCUT2D eigenvalue weighted by atomic mass is 10.1. The molecule has 0 aromatic heterocycles. The molecule has 3 aromatic rings. The maximum absolute atomic E-state index is 13.9. The molecule has 0 aliphatic heterocycles. The first-order chi connectivity index (χ1) is 18.3. The van der Waals surface area contributed by atoms with E-state index < -0.39 is 34.4 Å². The lowest BCUT2D eigenvalue weighted by Crippen LogP contribution is -2.52. The van der Waals surface area contributed by atoms with Gasteiger partial charge in [-0.15, -0.1) is 0 Å². The van der Waals surface area contributed by atoms with Gasteiger partial charge in [0.2, 0.25) is 11.8 Å². The first kappa shape index (κ1) is 31.0. The zero-order chi connectivity index (χ0) is 28.9. The minimum Gasteiger partial charge on any atom is -0.352 e. The Balaban J connectivity index is 2.09. The van der Waals surface area contributed by atoms with Crippen molar-refractivity contribution in [1.82, 2.24) is 10.2 Å². The first-order valence-electron chi connectivity index (χ1n) is 11.9. The summed E-state index contributed by atoms with van der Waals surface area (Å²) in [4.78, 5) is 28.1. The molecule has 0 saturated carbocycles. The Morgan fingerprint density at radius 1 is 0.872 bits per heavy atom. The van der Waals surface area contributed by atoms with Crippen molar-refractivity contribution < 1.29 is 18.0 Å². The van der Waals surface area contributed by atoms with Crippen molar-refractivity contribution in [3.05, 3.63) is 92.4 Å². The van der Waals surface area contributed by atoms with Crippen molar-refractivity contribution in [2.45, 2.75) is 44.3 Å². The second kappa shape index (κ2) is 13.2. The van der Waals surface area contributed by atoms with Crippen LogP contribution in [-0.2, 0) is 26.2 Å². The van der Waals surface area contributed by atoms with Crippen LogP contribution in [0.5, 0.6) is 0 Å². The van der Waals surface area contributed by atoms with Crippen LogP contribution in [0.4, 0.5) is 5.69 Å². The third-order valence-electron chi connectivity index (χ3n) is 5.76. The molecule has 3 aromatic carbocycles. The fourth-order valence-electron chi connectivity index (χ4n) is 3.74. The molecule has 1 atom stereocenters. The number of hydrogen-bond donors (Lipinski definition) is 1. The third-order valence-corrected chi connectivity index (χ3v) is 8.93. The molecule has 39 heavy (non-hydrogen) atoms. The van der Waals surface area contributed by atoms with Gasteiger partial charge < -0.3 is 10.2 Å². The van der Waals surface area contributed by atoms with Crippen LogP contribution < -0.4 is 9.62 Å². The number of anilines is 1. The number of benzene rings is 3. The lowest BCUT2D eigenvalue weighted by molar-refractivity contribution is -0.139. The van der Waals surface area contributed by atoms with E-state index in [1.54, 1.807) is 51.1 Å². The number of hydrogen-bond acceptors (Lipinski definition) is 4. The normalized spacial score (nSPS) is 12.2. The Kier molecular flexibility index (Phi) is 10.5. The Morgan fingerprint density at radius 2 is 1.54 bits per heavy atom. The molecule has 0 fully saturated rings. The highest BCUT2D eigenvalue weighted by Gasteiger charge is 2.34. The fraction of sp³-hybridized carbons (Fsp3) is 0.259. The van der Waals surface area contributed by atoms with Gasteiger partial charge in [0.25, 0.3) is 10.0 Å². The highest BCUT2D eigenvalue weighted by atomic mass is 35.5. The minimum atomic E-state index is -4.27. The molecule has 208 valence electrons. The summed E-state index contributed by atoms with van der Waals surface area (Å²) in [5.74, 6) is -1.08. The zero-order valence-corrected chi connectivity index (χ0v) is 25.2. The largest absolute Gasteiger partial charge is 0.352 e. The number of rotatable bonds is 10. The summed E-state index contributed by atoms with van der Waals surface area (Å²) in [6, 6.07) is 15.8. The molecule has 1 N–H and O–H groups in total. The molecule has 1 unspecified atom stereocenters. The number of sulfonamides is 1. The molecule has 0 bridgehead atoms. The average Bonchev–Trinajstić information content (AvgIpc) is 2.88. The summed E-state index contributed by atoms with van der Waals surface area (Å²) in [5.41, 5.74) is 0.544. The van der Waals surface area contributed by atoms with E-state index in [4.69, 9.17) is 46.4 Å². The second-order valence-corrected chi connectivity index (χ2v) is 12.5. The molecular weight excluding hydrogens is 604 g/mol. The molecule has 0 aliphatic rings. The molecule has 0 spiro atoms. The van der Waals surface area contributed by atoms with Crippen molar-refractivity contribution in [2.75, 3.05) is 10.8 Å². The molecule has 2 amide bonds. The lowest BCUT2D eigenvalue weighted by Gasteiger charge is -2.32. The molecule has 0 heterocycles. The molecule has 7 nitrogen and oxygen atoms in total. The topological polar surface area (TPSA) is 86.8 Å². The van der Waals surface area contributed by atoms with Gasteiger partial charge in [-0.3, -0.25) is 13.9 Å². The van der Waals surface area contributed by atoms with Gasteiger partial charge in [-0.2, -0.15) is 0 Å². The molecule has 0 saturated heterocycles. The Labute approximate surface area is 248 Å². The van der Waals surface area contributed by atoms with Crippen LogP contribution in [0.2, 0.25) is 20.1 Å². The van der Waals surface area contributed by atoms with Gasteiger partial charge in [0.05, 0.1) is 20.6 Å². The Morgan fingerprint density at radius 3 is 2.15 bits per heavy atom. The van der Waals surface area contributed by atoms with Crippen molar-refractivity contribution in [3.8, 4) is 0 Å². The maximum atomic E-state index is 13.9. The minimum absolute atomic E-state index is 0.0186. The van der Waals surface area contributed by atoms with E-state index in [2.05, 4.69) is 5.32 Å². The van der Waals surface area contributed by atoms with E-state index >= 15 is 0 Å². The van der Waals surface area contributed by atoms with Crippen LogP contribution in [0, 0.1) is 0 Å². The smallest absolute Gasteiger partial charge is 0.264 e. The maximum Gasteiger partial charge on any atom is 0.264 e. The molecular formula is C27H27Cl4N3O4S. The van der Waals surface area contributed by atoms with E-state index in [1.165, 1.54) is 41.3 Å². The van der Waals surface area contributed by atoms with E-state index in [9.17, 15) is 18.0 Å². The van der Waals surface area contributed by atoms with Gasteiger partial charge in [-0.25, -0.2) is 8.42 Å². The fourth-order valence-corrected chi connectivity index (χ4v) is 6.10. The molecule has 3 rings (SSSR count). The number of halogens is 4. The predicted molar refractivity (Wildman–Crippen MR) is 157 cm³/mol. The van der Waals surface area contributed by atoms with Gasteiger partial charge in [0.1, 0.15) is 12.6 Å². The standard InChI is InChI=1S/C27H27Cl4N3O4S/c1-17(2)32-27(36)18(3)33(15-19-12-13-20(28)14-23(19)30)25(35)16-34(24-11-7-10-22(29)26(24)31)39(37,38)21-8-5-4-6-9-21/h4-14,17-18H,15-16H2,1-3H3,(H,32,36). The summed E-state index contributed by atoms with van der Waals surface area (Å²) in [6.07, 6.45) is 0. The quantitative estimate of drug-likeness (QED) is 0.279.